The number of carbonyl (C=O) groups excluding carboxylic acids is 1. The third kappa shape index (κ3) is 4.12. The van der Waals surface area contributed by atoms with Gasteiger partial charge in [-0.05, 0) is 55.4 Å². The predicted molar refractivity (Wildman–Crippen MR) is 112 cm³/mol. The monoisotopic (exact) mass is 407 g/mol. The summed E-state index contributed by atoms with van der Waals surface area (Å²) in [6, 6.07) is 7.06. The molecule has 0 aliphatic heterocycles. The number of aromatic nitrogens is 4. The summed E-state index contributed by atoms with van der Waals surface area (Å²) >= 11 is 0. The van der Waals surface area contributed by atoms with Crippen molar-refractivity contribution in [2.45, 2.75) is 38.6 Å². The van der Waals surface area contributed by atoms with Gasteiger partial charge in [0, 0.05) is 24.5 Å². The topological polar surface area (TPSA) is 102 Å². The Labute approximate surface area is 174 Å². The molecule has 1 amide bonds. The molecule has 1 aliphatic carbocycles. The Morgan fingerprint density at radius 2 is 1.97 bits per heavy atom. The van der Waals surface area contributed by atoms with Crippen molar-refractivity contribution in [1.29, 1.82) is 0 Å². The van der Waals surface area contributed by atoms with Crippen molar-refractivity contribution in [1.82, 2.24) is 25.1 Å². The SMILES string of the molecule is COc1cc(-c2cnn(-c3ccc(C(=O)N[C@H]4CC[C@H](C)CC4)cn3)c2O)ccn1. The number of ether oxygens (including phenoxy) is 1. The fraction of sp³-hybridized carbons (Fsp3) is 0.364. The molecule has 3 aromatic rings. The normalized spacial score (nSPS) is 18.7. The molecule has 2 N–H and O–H groups in total. The van der Waals surface area contributed by atoms with E-state index in [4.69, 9.17) is 4.74 Å². The van der Waals surface area contributed by atoms with E-state index in [9.17, 15) is 9.90 Å². The van der Waals surface area contributed by atoms with Crippen LogP contribution in [0, 0.1) is 5.92 Å². The average Bonchev–Trinajstić information content (AvgIpc) is 3.16. The van der Waals surface area contributed by atoms with Crippen LogP contribution in [-0.4, -0.2) is 43.9 Å². The molecule has 1 fully saturated rings. The highest BCUT2D eigenvalue weighted by Crippen LogP contribution is 2.31. The molecule has 0 unspecified atom stereocenters. The van der Waals surface area contributed by atoms with Crippen LogP contribution in [-0.2, 0) is 0 Å². The third-order valence-corrected chi connectivity index (χ3v) is 5.58. The lowest BCUT2D eigenvalue weighted by Gasteiger charge is -2.26. The van der Waals surface area contributed by atoms with E-state index < -0.39 is 0 Å². The summed E-state index contributed by atoms with van der Waals surface area (Å²) < 4.78 is 6.46. The quantitative estimate of drug-likeness (QED) is 0.672. The van der Waals surface area contributed by atoms with Crippen LogP contribution in [0.5, 0.6) is 11.8 Å². The summed E-state index contributed by atoms with van der Waals surface area (Å²) in [6.45, 7) is 2.25. The molecule has 1 aliphatic rings. The lowest BCUT2D eigenvalue weighted by Crippen LogP contribution is -2.37. The molecule has 30 heavy (non-hydrogen) atoms. The predicted octanol–water partition coefficient (Wildman–Crippen LogP) is 3.35. The molecule has 0 bridgehead atoms. The summed E-state index contributed by atoms with van der Waals surface area (Å²) in [4.78, 5) is 20.9. The van der Waals surface area contributed by atoms with E-state index in [1.54, 1.807) is 36.7 Å². The van der Waals surface area contributed by atoms with Gasteiger partial charge in [0.05, 0.1) is 24.4 Å². The van der Waals surface area contributed by atoms with Gasteiger partial charge in [0.2, 0.25) is 11.8 Å². The standard InChI is InChI=1S/C22H25N5O3/c1-14-3-6-17(7-4-14)26-21(28)16-5-8-19(24-12-16)27-22(29)18(13-25-27)15-9-10-23-20(11-15)30-2/h5,8-14,17,29H,3-4,6-7H2,1-2H3,(H,26,28)/t14-,17-. The fourth-order valence-electron chi connectivity index (χ4n) is 3.72. The number of nitrogens with one attached hydrogen (secondary N) is 1. The fourth-order valence-corrected chi connectivity index (χ4v) is 3.72. The van der Waals surface area contributed by atoms with Gasteiger partial charge in [-0.3, -0.25) is 4.79 Å². The summed E-state index contributed by atoms with van der Waals surface area (Å²) in [5.41, 5.74) is 1.75. The molecule has 8 heteroatoms. The Balaban J connectivity index is 1.49. The van der Waals surface area contributed by atoms with Crippen LogP contribution in [0.3, 0.4) is 0 Å². The summed E-state index contributed by atoms with van der Waals surface area (Å²) in [6.07, 6.45) is 8.98. The first kappa shape index (κ1) is 19.9. The molecule has 0 radical (unpaired) electrons. The van der Waals surface area contributed by atoms with Gasteiger partial charge in [-0.15, -0.1) is 0 Å². The van der Waals surface area contributed by atoms with E-state index in [0.717, 1.165) is 37.2 Å². The number of pyridine rings is 2. The first-order valence-corrected chi connectivity index (χ1v) is 10.1. The van der Waals surface area contributed by atoms with E-state index in [2.05, 4.69) is 27.3 Å². The van der Waals surface area contributed by atoms with Crippen LogP contribution in [0.25, 0.3) is 16.9 Å². The van der Waals surface area contributed by atoms with Gasteiger partial charge in [0.25, 0.3) is 5.91 Å². The van der Waals surface area contributed by atoms with Crippen LogP contribution in [0.4, 0.5) is 0 Å². The second kappa shape index (κ2) is 8.52. The average molecular weight is 407 g/mol. The molecule has 0 spiro atoms. The van der Waals surface area contributed by atoms with Gasteiger partial charge in [0.1, 0.15) is 0 Å². The number of carbonyl (C=O) groups is 1. The van der Waals surface area contributed by atoms with Crippen molar-refractivity contribution >= 4 is 5.91 Å². The van der Waals surface area contributed by atoms with Crippen molar-refractivity contribution in [2.24, 2.45) is 5.92 Å². The van der Waals surface area contributed by atoms with Gasteiger partial charge in [0.15, 0.2) is 5.82 Å². The van der Waals surface area contributed by atoms with E-state index >= 15 is 0 Å². The molecular formula is C22H25N5O3. The van der Waals surface area contributed by atoms with E-state index in [0.29, 0.717) is 22.8 Å². The largest absolute Gasteiger partial charge is 0.493 e. The van der Waals surface area contributed by atoms with Crippen molar-refractivity contribution in [3.8, 4) is 28.7 Å². The Morgan fingerprint density at radius 1 is 1.17 bits per heavy atom. The first-order valence-electron chi connectivity index (χ1n) is 10.1. The number of nitrogens with zero attached hydrogens (tertiary/aromatic N) is 4. The Kier molecular flexibility index (Phi) is 5.65. The van der Waals surface area contributed by atoms with Gasteiger partial charge in [-0.25, -0.2) is 9.97 Å². The zero-order valence-electron chi connectivity index (χ0n) is 17.1. The molecule has 3 aromatic heterocycles. The van der Waals surface area contributed by atoms with Gasteiger partial charge in [-0.2, -0.15) is 9.78 Å². The zero-order valence-corrected chi connectivity index (χ0v) is 17.1. The molecule has 4 rings (SSSR count). The molecular weight excluding hydrogens is 382 g/mol. The van der Waals surface area contributed by atoms with E-state index in [1.807, 2.05) is 0 Å². The smallest absolute Gasteiger partial charge is 0.253 e. The summed E-state index contributed by atoms with van der Waals surface area (Å²) in [5, 5.41) is 18.0. The number of aromatic hydroxyl groups is 1. The van der Waals surface area contributed by atoms with Crippen LogP contribution < -0.4 is 10.1 Å². The molecule has 0 atom stereocenters. The molecule has 3 heterocycles. The minimum atomic E-state index is -0.122. The Hall–Kier alpha value is -3.42. The van der Waals surface area contributed by atoms with Gasteiger partial charge in [-0.1, -0.05) is 6.92 Å². The van der Waals surface area contributed by atoms with Crippen molar-refractivity contribution in [2.75, 3.05) is 7.11 Å². The lowest BCUT2D eigenvalue weighted by atomic mass is 9.87. The van der Waals surface area contributed by atoms with Crippen LogP contribution in [0.2, 0.25) is 0 Å². The van der Waals surface area contributed by atoms with Gasteiger partial charge < -0.3 is 15.2 Å². The highest BCUT2D eigenvalue weighted by atomic mass is 16.5. The van der Waals surface area contributed by atoms with Crippen LogP contribution in [0.15, 0.2) is 42.9 Å². The summed E-state index contributed by atoms with van der Waals surface area (Å²) in [5.74, 6) is 1.43. The van der Waals surface area contributed by atoms with Crippen LogP contribution >= 0.6 is 0 Å². The molecule has 0 saturated heterocycles. The van der Waals surface area contributed by atoms with E-state index in [-0.39, 0.29) is 17.8 Å². The maximum Gasteiger partial charge on any atom is 0.253 e. The Morgan fingerprint density at radius 3 is 2.67 bits per heavy atom. The minimum absolute atomic E-state index is 0.0516. The highest BCUT2D eigenvalue weighted by Gasteiger charge is 2.21. The minimum Gasteiger partial charge on any atom is -0.493 e. The van der Waals surface area contributed by atoms with Crippen molar-refractivity contribution < 1.29 is 14.6 Å². The number of rotatable bonds is 5. The highest BCUT2D eigenvalue weighted by molar-refractivity contribution is 5.94. The number of amides is 1. The van der Waals surface area contributed by atoms with Crippen molar-refractivity contribution in [3.63, 3.8) is 0 Å². The Bertz CT molecular complexity index is 1020. The molecule has 0 aromatic carbocycles. The molecule has 8 nitrogen and oxygen atoms in total. The number of hydrogen-bond donors (Lipinski definition) is 2. The van der Waals surface area contributed by atoms with Crippen molar-refractivity contribution in [3.05, 3.63) is 48.4 Å². The maximum absolute atomic E-state index is 12.5. The zero-order chi connectivity index (χ0) is 21.1. The molecule has 156 valence electrons. The van der Waals surface area contributed by atoms with Crippen LogP contribution in [0.1, 0.15) is 43.0 Å². The first-order chi connectivity index (χ1) is 14.5. The second-order valence-electron chi connectivity index (χ2n) is 7.72. The number of hydrogen-bond acceptors (Lipinski definition) is 6. The lowest BCUT2D eigenvalue weighted by molar-refractivity contribution is 0.0922. The maximum atomic E-state index is 12.5. The molecule has 1 saturated carbocycles. The third-order valence-electron chi connectivity index (χ3n) is 5.58. The summed E-state index contributed by atoms with van der Waals surface area (Å²) in [7, 11) is 1.53. The van der Waals surface area contributed by atoms with Gasteiger partial charge >= 0.3 is 0 Å². The second-order valence-corrected chi connectivity index (χ2v) is 7.72. The van der Waals surface area contributed by atoms with E-state index in [1.165, 1.54) is 18.0 Å². The number of methoxy groups -OCH3 is 1.